The highest BCUT2D eigenvalue weighted by Gasteiger charge is 2.25. The lowest BCUT2D eigenvalue weighted by molar-refractivity contribution is 0.127. The number of halogens is 1. The smallest absolute Gasteiger partial charge is 0.0552 e. The van der Waals surface area contributed by atoms with E-state index in [9.17, 15) is 5.11 Å². The lowest BCUT2D eigenvalue weighted by Crippen LogP contribution is -2.24. The molecule has 0 saturated carbocycles. The Morgan fingerprint density at radius 1 is 1.53 bits per heavy atom. The molecule has 3 heteroatoms. The molecule has 2 atom stereocenters. The largest absolute Gasteiger partial charge is 0.393 e. The van der Waals surface area contributed by atoms with Crippen LogP contribution in [-0.2, 0) is 6.54 Å². The Morgan fingerprint density at radius 3 is 2.88 bits per heavy atom. The maximum Gasteiger partial charge on any atom is 0.0552 e. The number of aliphatic hydroxyl groups excluding tert-OH is 1. The molecular weight excluding hydrogens is 278 g/mol. The fourth-order valence-corrected chi connectivity index (χ4v) is 2.95. The number of nitrogens with zero attached hydrogens (tertiary/aromatic N) is 1. The Hall–Kier alpha value is -0.380. The van der Waals surface area contributed by atoms with Gasteiger partial charge >= 0.3 is 0 Å². The highest BCUT2D eigenvalue weighted by Crippen LogP contribution is 2.23. The third-order valence-corrected chi connectivity index (χ3v) is 4.18. The average molecular weight is 298 g/mol. The Bertz CT molecular complexity index is 392. The molecule has 1 aromatic rings. The van der Waals surface area contributed by atoms with E-state index >= 15 is 0 Å². The zero-order valence-electron chi connectivity index (χ0n) is 10.5. The predicted molar refractivity (Wildman–Crippen MR) is 73.9 cm³/mol. The molecule has 2 nitrogen and oxygen atoms in total. The molecule has 1 aromatic carbocycles. The van der Waals surface area contributed by atoms with Gasteiger partial charge in [-0.1, -0.05) is 22.0 Å². The van der Waals surface area contributed by atoms with Crippen LogP contribution in [0.1, 0.15) is 24.5 Å². The molecule has 17 heavy (non-hydrogen) atoms. The van der Waals surface area contributed by atoms with E-state index < -0.39 is 0 Å². The highest BCUT2D eigenvalue weighted by molar-refractivity contribution is 9.10. The van der Waals surface area contributed by atoms with Gasteiger partial charge in [0.1, 0.15) is 0 Å². The van der Waals surface area contributed by atoms with Crippen LogP contribution in [0.25, 0.3) is 0 Å². The van der Waals surface area contributed by atoms with Crippen LogP contribution in [0.15, 0.2) is 22.7 Å². The van der Waals surface area contributed by atoms with Crippen molar-refractivity contribution in [1.29, 1.82) is 0 Å². The minimum Gasteiger partial charge on any atom is -0.393 e. The minimum absolute atomic E-state index is 0.175. The van der Waals surface area contributed by atoms with E-state index in [-0.39, 0.29) is 6.10 Å². The molecule has 0 radical (unpaired) electrons. The first-order valence-corrected chi connectivity index (χ1v) is 7.01. The van der Waals surface area contributed by atoms with Crippen LogP contribution in [0.3, 0.4) is 0 Å². The van der Waals surface area contributed by atoms with Gasteiger partial charge in [0.15, 0.2) is 0 Å². The fourth-order valence-electron chi connectivity index (χ4n) is 2.48. The Balaban J connectivity index is 1.98. The van der Waals surface area contributed by atoms with Gasteiger partial charge in [-0.05, 0) is 56.0 Å². The number of aryl methyl sites for hydroxylation is 1. The van der Waals surface area contributed by atoms with Crippen LogP contribution >= 0.6 is 15.9 Å². The number of hydrogen-bond acceptors (Lipinski definition) is 2. The fraction of sp³-hybridized carbons (Fsp3) is 0.571. The molecule has 0 aliphatic carbocycles. The highest BCUT2D eigenvalue weighted by atomic mass is 79.9. The second-order valence-corrected chi connectivity index (χ2v) is 6.01. The van der Waals surface area contributed by atoms with Crippen molar-refractivity contribution in [2.75, 3.05) is 13.1 Å². The molecule has 0 amide bonds. The first-order valence-electron chi connectivity index (χ1n) is 6.21. The molecule has 0 spiro atoms. The van der Waals surface area contributed by atoms with Crippen molar-refractivity contribution in [1.82, 2.24) is 4.90 Å². The lowest BCUT2D eigenvalue weighted by atomic mass is 10.0. The van der Waals surface area contributed by atoms with Crippen LogP contribution < -0.4 is 0 Å². The summed E-state index contributed by atoms with van der Waals surface area (Å²) in [6, 6.07) is 6.46. The van der Waals surface area contributed by atoms with Crippen molar-refractivity contribution in [3.05, 3.63) is 33.8 Å². The van der Waals surface area contributed by atoms with Crippen molar-refractivity contribution < 1.29 is 5.11 Å². The van der Waals surface area contributed by atoms with Gasteiger partial charge in [0.2, 0.25) is 0 Å². The number of rotatable bonds is 3. The summed E-state index contributed by atoms with van der Waals surface area (Å²) in [5.41, 5.74) is 2.72. The first kappa shape index (κ1) is 13.1. The predicted octanol–water partition coefficient (Wildman–Crippen LogP) is 2.96. The number of benzene rings is 1. The van der Waals surface area contributed by atoms with Crippen molar-refractivity contribution >= 4 is 15.9 Å². The third-order valence-electron chi connectivity index (χ3n) is 3.69. The van der Waals surface area contributed by atoms with Crippen molar-refractivity contribution in [3.63, 3.8) is 0 Å². The SMILES string of the molecule is Cc1cc(Br)ccc1CN1CCC(C(C)O)C1. The van der Waals surface area contributed by atoms with Crippen LogP contribution in [0.4, 0.5) is 0 Å². The summed E-state index contributed by atoms with van der Waals surface area (Å²) in [4.78, 5) is 2.44. The zero-order valence-corrected chi connectivity index (χ0v) is 12.1. The van der Waals surface area contributed by atoms with Gasteiger partial charge in [-0.25, -0.2) is 0 Å². The lowest BCUT2D eigenvalue weighted by Gasteiger charge is -2.18. The van der Waals surface area contributed by atoms with Gasteiger partial charge in [0, 0.05) is 17.6 Å². The second kappa shape index (κ2) is 5.51. The van der Waals surface area contributed by atoms with Crippen molar-refractivity contribution in [2.45, 2.75) is 32.9 Å². The molecule has 2 rings (SSSR count). The molecule has 0 aromatic heterocycles. The second-order valence-electron chi connectivity index (χ2n) is 5.10. The average Bonchev–Trinajstić information content (AvgIpc) is 2.71. The molecule has 1 aliphatic heterocycles. The van der Waals surface area contributed by atoms with E-state index in [1.54, 1.807) is 0 Å². The summed E-state index contributed by atoms with van der Waals surface area (Å²) < 4.78 is 1.14. The summed E-state index contributed by atoms with van der Waals surface area (Å²) in [5, 5.41) is 9.59. The topological polar surface area (TPSA) is 23.5 Å². The van der Waals surface area contributed by atoms with Gasteiger partial charge in [0.25, 0.3) is 0 Å². The van der Waals surface area contributed by atoms with E-state index in [1.807, 2.05) is 6.92 Å². The van der Waals surface area contributed by atoms with E-state index in [0.29, 0.717) is 5.92 Å². The molecule has 1 N–H and O–H groups in total. The normalized spacial score (nSPS) is 22.9. The van der Waals surface area contributed by atoms with Crippen LogP contribution in [-0.4, -0.2) is 29.2 Å². The monoisotopic (exact) mass is 297 g/mol. The standard InChI is InChI=1S/C14H20BrNO/c1-10-7-14(15)4-3-12(10)8-16-6-5-13(9-16)11(2)17/h3-4,7,11,13,17H,5-6,8-9H2,1-2H3. The summed E-state index contributed by atoms with van der Waals surface area (Å²) in [5.74, 6) is 0.450. The van der Waals surface area contributed by atoms with Gasteiger partial charge in [-0.2, -0.15) is 0 Å². The Labute approximate surface area is 112 Å². The van der Waals surface area contributed by atoms with Crippen LogP contribution in [0, 0.1) is 12.8 Å². The molecule has 2 unspecified atom stereocenters. The Kier molecular flexibility index (Phi) is 4.23. The van der Waals surface area contributed by atoms with Gasteiger partial charge in [0.05, 0.1) is 6.10 Å². The molecule has 1 heterocycles. The summed E-state index contributed by atoms with van der Waals surface area (Å²) in [6.45, 7) is 7.18. The van der Waals surface area contributed by atoms with E-state index in [0.717, 1.165) is 30.5 Å². The zero-order chi connectivity index (χ0) is 12.4. The number of hydrogen-bond donors (Lipinski definition) is 1. The quantitative estimate of drug-likeness (QED) is 0.927. The molecule has 1 aliphatic rings. The van der Waals surface area contributed by atoms with Gasteiger partial charge < -0.3 is 5.11 Å². The molecule has 1 saturated heterocycles. The van der Waals surface area contributed by atoms with Crippen LogP contribution in [0.5, 0.6) is 0 Å². The molecule has 94 valence electrons. The van der Waals surface area contributed by atoms with Crippen molar-refractivity contribution in [2.24, 2.45) is 5.92 Å². The summed E-state index contributed by atoms with van der Waals surface area (Å²) in [7, 11) is 0. The van der Waals surface area contributed by atoms with Crippen molar-refractivity contribution in [3.8, 4) is 0 Å². The number of likely N-dealkylation sites (tertiary alicyclic amines) is 1. The molecule has 1 fully saturated rings. The van der Waals surface area contributed by atoms with Crippen LogP contribution in [0.2, 0.25) is 0 Å². The summed E-state index contributed by atoms with van der Waals surface area (Å²) >= 11 is 3.49. The first-order chi connectivity index (χ1) is 8.06. The van der Waals surface area contributed by atoms with E-state index in [4.69, 9.17) is 0 Å². The molecule has 0 bridgehead atoms. The number of aliphatic hydroxyl groups is 1. The third kappa shape index (κ3) is 3.30. The molecular formula is C14H20BrNO. The van der Waals surface area contributed by atoms with E-state index in [1.165, 1.54) is 11.1 Å². The van der Waals surface area contributed by atoms with E-state index in [2.05, 4.69) is 46.0 Å². The van der Waals surface area contributed by atoms with Gasteiger partial charge in [-0.3, -0.25) is 4.90 Å². The summed E-state index contributed by atoms with van der Waals surface area (Å²) in [6.07, 6.45) is 0.943. The Morgan fingerprint density at radius 2 is 2.29 bits per heavy atom. The minimum atomic E-state index is -0.175. The maximum absolute atomic E-state index is 9.59. The maximum atomic E-state index is 9.59. The van der Waals surface area contributed by atoms with Gasteiger partial charge in [-0.15, -0.1) is 0 Å².